The van der Waals surface area contributed by atoms with Gasteiger partial charge < -0.3 is 54.1 Å². The summed E-state index contributed by atoms with van der Waals surface area (Å²) >= 11 is 5.87. The molecule has 0 spiro atoms. The summed E-state index contributed by atoms with van der Waals surface area (Å²) in [5.74, 6) is 1.07. The number of halogens is 3. The van der Waals surface area contributed by atoms with Gasteiger partial charge in [-0.3, -0.25) is 0 Å². The Hall–Kier alpha value is -8.10. The fraction of sp³-hybridized carbons (Fsp3) is 0.0923. The number of phenolic OH excluding ortho intramolecular Hbond substituents is 3. The van der Waals surface area contributed by atoms with Crippen molar-refractivity contribution in [2.24, 2.45) is 0 Å². The van der Waals surface area contributed by atoms with Crippen molar-refractivity contribution in [1.82, 2.24) is 0 Å². The van der Waals surface area contributed by atoms with Crippen LogP contribution in [0.15, 0.2) is 185 Å². The first-order chi connectivity index (χ1) is 39.5. The number of phenols is 3. The standard InChI is InChI=1S/C17H14O3.C16H12O3.C9H8.2C8H7IO3.C7H5IO3.Li.H2O/c1-11-3-5-12(6-4-11)15-9-13-7-8-14(17(18)19-2)10-16(13)20-15;1-10-2-4-11(5-3-10)14-8-12-6-7-13(16(17)18)9-15(12)19-14;1-3-9-6-4-8(2)5-7-9;2*1-12-8(11)5-2-3-6(9)7(10)4-5;8-5-2-1-4(7(10)11)3-6(5)9;;/h3-10H,1-2H3;2-9H,1H3,(H,17,18);1,4-7H,2H3;2*2-4,10H,1H3;1-3,9H,(H,10,11);;1H2/q;;;;;;+1;/p-1. The maximum Gasteiger partial charge on any atom is 1.00 e. The molecule has 0 aliphatic heterocycles. The van der Waals surface area contributed by atoms with Gasteiger partial charge in [-0.15, -0.1) is 6.42 Å². The zero-order valence-corrected chi connectivity index (χ0v) is 53.2. The predicted molar refractivity (Wildman–Crippen MR) is 344 cm³/mol. The molecule has 0 bridgehead atoms. The molecule has 0 fully saturated rings. The van der Waals surface area contributed by atoms with Crippen LogP contribution in [0.25, 0.3) is 44.6 Å². The summed E-state index contributed by atoms with van der Waals surface area (Å²) in [6.07, 6.45) is 5.15. The molecule has 20 heteroatoms. The molecule has 0 saturated carbocycles. The van der Waals surface area contributed by atoms with E-state index in [-0.39, 0.29) is 58.7 Å². The van der Waals surface area contributed by atoms with Gasteiger partial charge >= 0.3 is 48.7 Å². The molecular formula is C65H54I3LiO16. The van der Waals surface area contributed by atoms with Gasteiger partial charge in [0.15, 0.2) is 0 Å². The predicted octanol–water partition coefficient (Wildman–Crippen LogP) is 12.4. The van der Waals surface area contributed by atoms with E-state index in [2.05, 4.69) is 15.4 Å². The third kappa shape index (κ3) is 21.5. The Morgan fingerprint density at radius 2 is 0.706 bits per heavy atom. The zero-order valence-electron chi connectivity index (χ0n) is 46.7. The number of ether oxygens (including phenoxy) is 3. The molecule has 10 rings (SSSR count). The van der Waals surface area contributed by atoms with Crippen LogP contribution in [-0.2, 0) is 14.2 Å². The Bertz CT molecular complexity index is 3880. The van der Waals surface area contributed by atoms with E-state index in [0.717, 1.165) is 39.0 Å². The van der Waals surface area contributed by atoms with Crippen LogP contribution in [0.1, 0.15) is 74.0 Å². The molecular weight excluding hydrogens is 1420 g/mol. The van der Waals surface area contributed by atoms with Gasteiger partial charge in [-0.05, 0) is 192 Å². The number of esters is 3. The van der Waals surface area contributed by atoms with Crippen molar-refractivity contribution in [1.29, 1.82) is 0 Å². The molecule has 16 nitrogen and oxygen atoms in total. The molecule has 2 aromatic heterocycles. The second-order valence-electron chi connectivity index (χ2n) is 17.6. The number of methoxy groups -OCH3 is 3. The number of furan rings is 2. The maximum atomic E-state index is 11.5. The van der Waals surface area contributed by atoms with Crippen molar-refractivity contribution in [2.75, 3.05) is 21.3 Å². The molecule has 0 unspecified atom stereocenters. The van der Waals surface area contributed by atoms with Crippen molar-refractivity contribution >= 4 is 120 Å². The number of rotatable bonds is 7. The van der Waals surface area contributed by atoms with Crippen molar-refractivity contribution in [2.45, 2.75) is 20.8 Å². The minimum Gasteiger partial charge on any atom is -0.870 e. The van der Waals surface area contributed by atoms with Gasteiger partial charge in [0.25, 0.3) is 0 Å². The van der Waals surface area contributed by atoms with Crippen molar-refractivity contribution < 1.29 is 96.9 Å². The van der Waals surface area contributed by atoms with Crippen molar-refractivity contribution in [3.8, 4) is 52.2 Å². The van der Waals surface area contributed by atoms with Crippen LogP contribution < -0.4 is 18.9 Å². The number of aromatic carboxylic acids is 2. The number of carboxylic acid groups (broad SMARTS) is 2. The van der Waals surface area contributed by atoms with Crippen LogP contribution in [0.2, 0.25) is 0 Å². The van der Waals surface area contributed by atoms with E-state index >= 15 is 0 Å². The molecule has 0 radical (unpaired) electrons. The van der Waals surface area contributed by atoms with Gasteiger partial charge in [-0.25, -0.2) is 24.0 Å². The Morgan fingerprint density at radius 1 is 0.424 bits per heavy atom. The van der Waals surface area contributed by atoms with Gasteiger partial charge in [-0.1, -0.05) is 95.4 Å². The number of carbonyl (C=O) groups is 5. The summed E-state index contributed by atoms with van der Waals surface area (Å²) in [5.41, 5.74) is 9.40. The molecule has 6 N–H and O–H groups in total. The fourth-order valence-electron chi connectivity index (χ4n) is 6.97. The van der Waals surface area contributed by atoms with Crippen LogP contribution in [0.3, 0.4) is 0 Å². The zero-order chi connectivity index (χ0) is 60.9. The van der Waals surface area contributed by atoms with E-state index in [9.17, 15) is 34.2 Å². The van der Waals surface area contributed by atoms with Crippen LogP contribution in [0.4, 0.5) is 0 Å². The summed E-state index contributed by atoms with van der Waals surface area (Å²) in [6.45, 7) is 6.12. The number of carboxylic acids is 2. The first-order valence-corrected chi connectivity index (χ1v) is 27.7. The van der Waals surface area contributed by atoms with Crippen LogP contribution in [0.5, 0.6) is 17.2 Å². The molecule has 2 heterocycles. The van der Waals surface area contributed by atoms with Gasteiger partial charge in [0.05, 0.1) is 59.9 Å². The molecule has 0 aliphatic rings. The number of benzene rings is 8. The quantitative estimate of drug-likeness (QED) is 0.0326. The summed E-state index contributed by atoms with van der Waals surface area (Å²) in [5, 5.41) is 46.8. The smallest absolute Gasteiger partial charge is 0.870 e. The summed E-state index contributed by atoms with van der Waals surface area (Å²) < 4.78 is 27.3. The van der Waals surface area contributed by atoms with E-state index < -0.39 is 23.9 Å². The first kappa shape index (κ1) is 71.2. The Labute approximate surface area is 542 Å². The number of fused-ring (bicyclic) bond motifs is 2. The normalized spacial score (nSPS) is 9.74. The molecule has 432 valence electrons. The fourth-order valence-corrected chi connectivity index (χ4v) is 7.98. The molecule has 0 saturated heterocycles. The molecule has 85 heavy (non-hydrogen) atoms. The van der Waals surface area contributed by atoms with Crippen LogP contribution in [-0.4, -0.2) is 82.2 Å². The second kappa shape index (κ2) is 34.6. The number of hydrogen-bond acceptors (Lipinski definition) is 14. The SMILES string of the molecule is C#Cc1ccc(C)cc1.COC(=O)c1ccc(I)c(O)c1.COC(=O)c1ccc(I)c(O)c1.COC(=O)c1ccc2cc(-c3ccc(C)cc3)oc2c1.Cc1ccc(-c2cc3ccc(C(=O)O)cc3o2)cc1.O=C(O)c1ccc(I)c(O)c1.[Li+].[OH-]. The third-order valence-corrected chi connectivity index (χ3v) is 14.3. The Balaban J connectivity index is 0.000000272. The van der Waals surface area contributed by atoms with E-state index in [4.69, 9.17) is 35.3 Å². The van der Waals surface area contributed by atoms with Gasteiger partial charge in [-0.2, -0.15) is 0 Å². The number of aryl methyl sites for hydroxylation is 3. The van der Waals surface area contributed by atoms with E-state index in [1.807, 2.05) is 180 Å². The van der Waals surface area contributed by atoms with Crippen molar-refractivity contribution in [3.63, 3.8) is 0 Å². The average molecular weight is 1480 g/mol. The first-order valence-electron chi connectivity index (χ1n) is 24.5. The van der Waals surface area contributed by atoms with Crippen molar-refractivity contribution in [3.05, 3.63) is 237 Å². The maximum absolute atomic E-state index is 11.5. The molecule has 0 amide bonds. The topological polar surface area (TPSA) is 270 Å². The van der Waals surface area contributed by atoms with Crippen LogP contribution >= 0.6 is 67.8 Å². The second-order valence-corrected chi connectivity index (χ2v) is 21.0. The molecule has 0 atom stereocenters. The number of carbonyl (C=O) groups excluding carboxylic acids is 3. The van der Waals surface area contributed by atoms with Gasteiger partial charge in [0, 0.05) is 27.5 Å². The molecule has 10 aromatic rings. The Kier molecular flexibility index (Phi) is 29.0. The average Bonchev–Trinajstić information content (AvgIpc) is 2.70. The molecule has 8 aromatic carbocycles. The number of aromatic hydroxyl groups is 3. The van der Waals surface area contributed by atoms with E-state index in [1.54, 1.807) is 60.7 Å². The number of hydrogen-bond donors (Lipinski definition) is 5. The largest absolute Gasteiger partial charge is 1.00 e. The summed E-state index contributed by atoms with van der Waals surface area (Å²) in [4.78, 5) is 54.7. The minimum atomic E-state index is -1.03. The molecule has 0 aliphatic carbocycles. The summed E-state index contributed by atoms with van der Waals surface area (Å²) in [6, 6.07) is 51.7. The Morgan fingerprint density at radius 3 is 1.04 bits per heavy atom. The van der Waals surface area contributed by atoms with Gasteiger partial charge in [0.1, 0.15) is 39.9 Å². The third-order valence-electron chi connectivity index (χ3n) is 11.5. The summed E-state index contributed by atoms with van der Waals surface area (Å²) in [7, 11) is 3.97. The van der Waals surface area contributed by atoms with Crippen LogP contribution in [0, 0.1) is 43.8 Å². The van der Waals surface area contributed by atoms with E-state index in [0.29, 0.717) is 38.6 Å². The van der Waals surface area contributed by atoms with Gasteiger partial charge in [0.2, 0.25) is 0 Å². The minimum absolute atomic E-state index is 0. The van der Waals surface area contributed by atoms with E-state index in [1.165, 1.54) is 62.3 Å². The number of terminal acetylenes is 1. The monoisotopic (exact) mass is 1480 g/mol.